The maximum Gasteiger partial charge on any atom is 0.288 e. The van der Waals surface area contributed by atoms with Crippen LogP contribution in [0.4, 0.5) is 14.5 Å². The summed E-state index contributed by atoms with van der Waals surface area (Å²) in [5.41, 5.74) is 0.644. The Morgan fingerprint density at radius 2 is 2.06 bits per heavy atom. The second-order valence-electron chi connectivity index (χ2n) is 4.18. The first-order chi connectivity index (χ1) is 8.63. The molecule has 0 atom stereocenters. The van der Waals surface area contributed by atoms with Gasteiger partial charge in [-0.3, -0.25) is 4.79 Å². The zero-order valence-electron chi connectivity index (χ0n) is 9.66. The van der Waals surface area contributed by atoms with Gasteiger partial charge in [-0.25, -0.2) is 0 Å². The van der Waals surface area contributed by atoms with Crippen LogP contribution >= 0.6 is 11.8 Å². The van der Waals surface area contributed by atoms with Crippen molar-refractivity contribution >= 4 is 23.4 Å². The topological polar surface area (TPSA) is 41.1 Å². The fourth-order valence-electron chi connectivity index (χ4n) is 1.69. The van der Waals surface area contributed by atoms with Crippen molar-refractivity contribution in [2.24, 2.45) is 5.92 Å². The average Bonchev–Trinajstić information content (AvgIpc) is 2.26. The van der Waals surface area contributed by atoms with Crippen molar-refractivity contribution in [1.29, 1.82) is 0 Å². The Balaban J connectivity index is 1.83. The molecule has 1 saturated heterocycles. The van der Waals surface area contributed by atoms with Gasteiger partial charge in [0.15, 0.2) is 0 Å². The van der Waals surface area contributed by atoms with E-state index in [4.69, 9.17) is 0 Å². The Morgan fingerprint density at radius 1 is 1.39 bits per heavy atom. The van der Waals surface area contributed by atoms with E-state index in [2.05, 4.69) is 10.6 Å². The number of rotatable bonds is 5. The smallest absolute Gasteiger partial charge is 0.288 e. The third-order valence-corrected chi connectivity index (χ3v) is 3.43. The fraction of sp³-hybridized carbons (Fsp3) is 0.417. The summed E-state index contributed by atoms with van der Waals surface area (Å²) in [6.45, 7) is 1.77. The lowest BCUT2D eigenvalue weighted by atomic mass is 9.99. The summed E-state index contributed by atoms with van der Waals surface area (Å²) in [4.78, 5) is 12.1. The molecule has 0 bridgehead atoms. The molecule has 1 aliphatic rings. The third-order valence-electron chi connectivity index (χ3n) is 2.70. The van der Waals surface area contributed by atoms with Crippen LogP contribution in [0.25, 0.3) is 0 Å². The Bertz CT molecular complexity index is 407. The number of carbonyl (C=O) groups excluding carboxylic acids is 1. The standard InChI is InChI=1S/C12H14F2N2OS/c13-12(14)18-10-3-1-9(2-4-10)16-11(17)5-8-6-15-7-8/h1-4,8,12,15H,5-7H2,(H,16,17). The molecule has 3 nitrogen and oxygen atoms in total. The summed E-state index contributed by atoms with van der Waals surface area (Å²) in [5.74, 6) is -2.04. The van der Waals surface area contributed by atoms with Gasteiger partial charge in [-0.15, -0.1) is 0 Å². The average molecular weight is 272 g/mol. The van der Waals surface area contributed by atoms with E-state index in [0.29, 0.717) is 34.7 Å². The predicted molar refractivity (Wildman–Crippen MR) is 67.9 cm³/mol. The van der Waals surface area contributed by atoms with Crippen LogP contribution in [0.3, 0.4) is 0 Å². The summed E-state index contributed by atoms with van der Waals surface area (Å²) in [5, 5.41) is 5.86. The molecule has 18 heavy (non-hydrogen) atoms. The van der Waals surface area contributed by atoms with Crippen molar-refractivity contribution in [3.8, 4) is 0 Å². The molecule has 1 heterocycles. The SMILES string of the molecule is O=C(CC1CNC1)Nc1ccc(SC(F)F)cc1. The molecule has 0 radical (unpaired) electrons. The Hall–Kier alpha value is -1.14. The maximum atomic E-state index is 12.1. The van der Waals surface area contributed by atoms with Crippen LogP contribution in [0.2, 0.25) is 0 Å². The molecule has 1 fully saturated rings. The van der Waals surface area contributed by atoms with Gasteiger partial charge in [0.05, 0.1) is 0 Å². The first-order valence-corrected chi connectivity index (χ1v) is 6.57. The normalized spacial score (nSPS) is 15.5. The Kier molecular flexibility index (Phi) is 4.54. The lowest BCUT2D eigenvalue weighted by Gasteiger charge is -2.26. The minimum atomic E-state index is -2.42. The van der Waals surface area contributed by atoms with E-state index in [1.807, 2.05) is 0 Å². The molecule has 0 spiro atoms. The third kappa shape index (κ3) is 3.96. The van der Waals surface area contributed by atoms with E-state index >= 15 is 0 Å². The Labute approximate surface area is 108 Å². The van der Waals surface area contributed by atoms with Gasteiger partial charge in [-0.1, -0.05) is 11.8 Å². The maximum absolute atomic E-state index is 12.1. The number of nitrogens with one attached hydrogen (secondary N) is 2. The summed E-state index contributed by atoms with van der Waals surface area (Å²) >= 11 is 0.495. The van der Waals surface area contributed by atoms with Gasteiger partial charge >= 0.3 is 0 Å². The van der Waals surface area contributed by atoms with Gasteiger partial charge in [-0.2, -0.15) is 8.78 Å². The Morgan fingerprint density at radius 3 is 2.56 bits per heavy atom. The minimum absolute atomic E-state index is 0.0317. The molecule has 0 saturated carbocycles. The molecule has 0 aliphatic carbocycles. The van der Waals surface area contributed by atoms with Crippen LogP contribution in [0.5, 0.6) is 0 Å². The number of anilines is 1. The van der Waals surface area contributed by atoms with Gasteiger partial charge in [0, 0.05) is 17.0 Å². The molecule has 1 aliphatic heterocycles. The second kappa shape index (κ2) is 6.15. The number of alkyl halides is 2. The molecule has 0 unspecified atom stereocenters. The van der Waals surface area contributed by atoms with Gasteiger partial charge < -0.3 is 10.6 Å². The van der Waals surface area contributed by atoms with Crippen LogP contribution in [0.1, 0.15) is 6.42 Å². The molecule has 98 valence electrons. The van der Waals surface area contributed by atoms with Crippen LogP contribution in [-0.4, -0.2) is 24.8 Å². The molecule has 6 heteroatoms. The molecule has 2 N–H and O–H groups in total. The zero-order chi connectivity index (χ0) is 13.0. The van der Waals surface area contributed by atoms with Crippen LogP contribution in [-0.2, 0) is 4.79 Å². The van der Waals surface area contributed by atoms with Crippen molar-refractivity contribution < 1.29 is 13.6 Å². The van der Waals surface area contributed by atoms with E-state index < -0.39 is 5.76 Å². The van der Waals surface area contributed by atoms with Gasteiger partial charge in [0.2, 0.25) is 5.91 Å². The van der Waals surface area contributed by atoms with Crippen molar-refractivity contribution in [1.82, 2.24) is 5.32 Å². The summed E-state index contributed by atoms with van der Waals surface area (Å²) in [6, 6.07) is 6.44. The van der Waals surface area contributed by atoms with Crippen LogP contribution < -0.4 is 10.6 Å². The van der Waals surface area contributed by atoms with Crippen molar-refractivity contribution in [2.75, 3.05) is 18.4 Å². The second-order valence-corrected chi connectivity index (χ2v) is 5.24. The molecule has 1 aromatic rings. The summed E-state index contributed by atoms with van der Waals surface area (Å²) in [7, 11) is 0. The van der Waals surface area contributed by atoms with E-state index in [9.17, 15) is 13.6 Å². The molecular formula is C12H14F2N2OS. The molecule has 1 amide bonds. The quantitative estimate of drug-likeness (QED) is 0.809. The number of hydrogen-bond donors (Lipinski definition) is 2. The first kappa shape index (κ1) is 13.3. The van der Waals surface area contributed by atoms with Crippen molar-refractivity contribution in [3.05, 3.63) is 24.3 Å². The highest BCUT2D eigenvalue weighted by Crippen LogP contribution is 2.26. The lowest BCUT2D eigenvalue weighted by Crippen LogP contribution is -2.43. The highest BCUT2D eigenvalue weighted by molar-refractivity contribution is 7.99. The van der Waals surface area contributed by atoms with Crippen molar-refractivity contribution in [3.63, 3.8) is 0 Å². The highest BCUT2D eigenvalue weighted by Gasteiger charge is 2.19. The largest absolute Gasteiger partial charge is 0.326 e. The fourth-order valence-corrected chi connectivity index (χ4v) is 2.19. The first-order valence-electron chi connectivity index (χ1n) is 5.69. The summed E-state index contributed by atoms with van der Waals surface area (Å²) in [6.07, 6.45) is 0.501. The summed E-state index contributed by atoms with van der Waals surface area (Å²) < 4.78 is 24.2. The molecule has 2 rings (SSSR count). The van der Waals surface area contributed by atoms with Gasteiger partial charge in [-0.05, 0) is 43.3 Å². The van der Waals surface area contributed by atoms with Gasteiger partial charge in [0.1, 0.15) is 0 Å². The number of halogens is 2. The predicted octanol–water partition coefficient (Wildman–Crippen LogP) is 2.55. The number of carbonyl (C=O) groups is 1. The van der Waals surface area contributed by atoms with E-state index in [-0.39, 0.29) is 5.91 Å². The van der Waals surface area contributed by atoms with E-state index in [0.717, 1.165) is 13.1 Å². The number of benzene rings is 1. The van der Waals surface area contributed by atoms with Crippen LogP contribution in [0.15, 0.2) is 29.2 Å². The number of hydrogen-bond acceptors (Lipinski definition) is 3. The number of amides is 1. The molecule has 0 aromatic heterocycles. The van der Waals surface area contributed by atoms with Crippen LogP contribution in [0, 0.1) is 5.92 Å². The van der Waals surface area contributed by atoms with Gasteiger partial charge in [0.25, 0.3) is 5.76 Å². The minimum Gasteiger partial charge on any atom is -0.326 e. The zero-order valence-corrected chi connectivity index (χ0v) is 10.5. The lowest BCUT2D eigenvalue weighted by molar-refractivity contribution is -0.117. The molecular weight excluding hydrogens is 258 g/mol. The van der Waals surface area contributed by atoms with E-state index in [1.165, 1.54) is 0 Å². The monoisotopic (exact) mass is 272 g/mol. The van der Waals surface area contributed by atoms with E-state index in [1.54, 1.807) is 24.3 Å². The van der Waals surface area contributed by atoms with Crippen molar-refractivity contribution in [2.45, 2.75) is 17.1 Å². The number of thioether (sulfide) groups is 1. The molecule has 1 aromatic carbocycles. The highest BCUT2D eigenvalue weighted by atomic mass is 32.2.